The summed E-state index contributed by atoms with van der Waals surface area (Å²) in [6.45, 7) is 2.48. The van der Waals surface area contributed by atoms with Crippen LogP contribution in [-0.4, -0.2) is 20.3 Å². The highest BCUT2D eigenvalue weighted by Crippen LogP contribution is 2.46. The van der Waals surface area contributed by atoms with Crippen LogP contribution in [-0.2, 0) is 14.1 Å². The van der Waals surface area contributed by atoms with Crippen molar-refractivity contribution in [2.75, 3.05) is 11.9 Å². The van der Waals surface area contributed by atoms with E-state index in [9.17, 15) is 9.59 Å². The summed E-state index contributed by atoms with van der Waals surface area (Å²) in [5, 5.41) is 4.19. The van der Waals surface area contributed by atoms with E-state index >= 15 is 0 Å². The number of hydrogen-bond donors (Lipinski definition) is 1. The lowest BCUT2D eigenvalue weighted by Gasteiger charge is -2.32. The predicted molar refractivity (Wildman–Crippen MR) is 142 cm³/mol. The van der Waals surface area contributed by atoms with Gasteiger partial charge in [-0.3, -0.25) is 13.9 Å². The maximum Gasteiger partial charge on any atom is 0.331 e. The van der Waals surface area contributed by atoms with Crippen molar-refractivity contribution in [3.8, 4) is 22.7 Å². The van der Waals surface area contributed by atoms with Crippen molar-refractivity contribution in [2.24, 2.45) is 14.1 Å². The van der Waals surface area contributed by atoms with Gasteiger partial charge >= 0.3 is 5.69 Å². The zero-order valence-electron chi connectivity index (χ0n) is 20.4. The highest BCUT2D eigenvalue weighted by molar-refractivity contribution is 5.99. The van der Waals surface area contributed by atoms with E-state index in [4.69, 9.17) is 4.74 Å². The Labute approximate surface area is 207 Å². The van der Waals surface area contributed by atoms with E-state index in [1.807, 2.05) is 85.8 Å². The molecule has 6 rings (SSSR count). The molecule has 7 nitrogen and oxygen atoms in total. The summed E-state index contributed by atoms with van der Waals surface area (Å²) in [5.41, 5.74) is 5.21. The molecule has 0 fully saturated rings. The Hall–Kier alpha value is -4.52. The van der Waals surface area contributed by atoms with E-state index in [0.29, 0.717) is 17.5 Å². The van der Waals surface area contributed by atoms with Crippen molar-refractivity contribution >= 4 is 16.6 Å². The number of benzene rings is 3. The van der Waals surface area contributed by atoms with E-state index in [1.54, 1.807) is 11.6 Å². The molecular weight excluding hydrogens is 452 g/mol. The molecule has 1 aliphatic heterocycles. The van der Waals surface area contributed by atoms with E-state index in [-0.39, 0.29) is 17.3 Å². The standard InChI is InChI=1S/C29H26N4O3/c1-4-36-22-17-11-8-14-19(22)24-27-26-23(28(34)32(3)29(35)31(26)2)25(18-12-6-5-7-13-18)33(27)21-16-10-9-15-20(21)30-24/h5-17,24,30H,4H2,1-3H3/t24-/m0/s1. The third-order valence-corrected chi connectivity index (χ3v) is 6.90. The summed E-state index contributed by atoms with van der Waals surface area (Å²) in [6.07, 6.45) is 0. The second-order valence-electron chi connectivity index (χ2n) is 8.93. The average Bonchev–Trinajstić information content (AvgIpc) is 3.28. The van der Waals surface area contributed by atoms with Crippen LogP contribution in [0.15, 0.2) is 88.5 Å². The van der Waals surface area contributed by atoms with Crippen molar-refractivity contribution in [3.63, 3.8) is 0 Å². The topological polar surface area (TPSA) is 70.2 Å². The Morgan fingerprint density at radius 2 is 1.56 bits per heavy atom. The minimum absolute atomic E-state index is 0.317. The third-order valence-electron chi connectivity index (χ3n) is 6.90. The number of aromatic nitrogens is 3. The molecule has 0 radical (unpaired) electrons. The van der Waals surface area contributed by atoms with Crippen LogP contribution < -0.4 is 21.3 Å². The van der Waals surface area contributed by atoms with Crippen molar-refractivity contribution < 1.29 is 4.74 Å². The van der Waals surface area contributed by atoms with Gasteiger partial charge in [-0.2, -0.15) is 0 Å². The largest absolute Gasteiger partial charge is 0.494 e. The Kier molecular flexibility index (Phi) is 5.07. The van der Waals surface area contributed by atoms with Gasteiger partial charge in [0.15, 0.2) is 0 Å². The molecule has 0 bridgehead atoms. The minimum Gasteiger partial charge on any atom is -0.494 e. The molecule has 3 heterocycles. The first-order valence-electron chi connectivity index (χ1n) is 12.0. The molecule has 0 saturated heterocycles. The number of hydrogen-bond acceptors (Lipinski definition) is 4. The Morgan fingerprint density at radius 1 is 0.861 bits per heavy atom. The molecule has 1 N–H and O–H groups in total. The van der Waals surface area contributed by atoms with Gasteiger partial charge in [-0.1, -0.05) is 60.7 Å². The summed E-state index contributed by atoms with van der Waals surface area (Å²) >= 11 is 0. The van der Waals surface area contributed by atoms with Gasteiger partial charge < -0.3 is 14.6 Å². The molecule has 3 aromatic carbocycles. The van der Waals surface area contributed by atoms with Gasteiger partial charge in [-0.25, -0.2) is 4.79 Å². The average molecular weight is 479 g/mol. The van der Waals surface area contributed by atoms with Crippen molar-refractivity contribution in [3.05, 3.63) is 111 Å². The number of ether oxygens (including phenoxy) is 1. The van der Waals surface area contributed by atoms with Gasteiger partial charge in [0.2, 0.25) is 0 Å². The first kappa shape index (κ1) is 22.0. The Bertz CT molecular complexity index is 1740. The number of fused-ring (bicyclic) bond motifs is 5. The molecule has 1 atom stereocenters. The van der Waals surface area contributed by atoms with Crippen LogP contribution in [0.2, 0.25) is 0 Å². The molecule has 0 saturated carbocycles. The maximum atomic E-state index is 13.7. The summed E-state index contributed by atoms with van der Waals surface area (Å²) < 4.78 is 10.9. The van der Waals surface area contributed by atoms with Crippen LogP contribution in [0.25, 0.3) is 27.8 Å². The smallest absolute Gasteiger partial charge is 0.331 e. The molecular formula is C29H26N4O3. The number of nitrogens with one attached hydrogen (secondary N) is 1. The Morgan fingerprint density at radius 3 is 2.33 bits per heavy atom. The predicted octanol–water partition coefficient (Wildman–Crippen LogP) is 4.61. The first-order chi connectivity index (χ1) is 17.5. The quantitative estimate of drug-likeness (QED) is 0.410. The number of nitrogens with zero attached hydrogens (tertiary/aromatic N) is 3. The molecule has 36 heavy (non-hydrogen) atoms. The van der Waals surface area contributed by atoms with Gasteiger partial charge in [0.05, 0.1) is 46.3 Å². The van der Waals surface area contributed by atoms with Crippen LogP contribution in [0, 0.1) is 0 Å². The van der Waals surface area contributed by atoms with E-state index in [2.05, 4.69) is 9.88 Å². The minimum atomic E-state index is -0.365. The molecule has 0 unspecified atom stereocenters. The lowest BCUT2D eigenvalue weighted by atomic mass is 9.98. The lowest BCUT2D eigenvalue weighted by Crippen LogP contribution is -2.37. The molecule has 5 aromatic rings. The highest BCUT2D eigenvalue weighted by Gasteiger charge is 2.35. The van der Waals surface area contributed by atoms with E-state index in [0.717, 1.165) is 39.6 Å². The summed E-state index contributed by atoms with van der Waals surface area (Å²) in [6, 6.07) is 25.5. The molecule has 0 aliphatic carbocycles. The molecule has 7 heteroatoms. The van der Waals surface area contributed by atoms with Crippen LogP contribution in [0.3, 0.4) is 0 Å². The molecule has 2 aromatic heterocycles. The SMILES string of the molecule is CCOc1ccccc1[C@@H]1Nc2ccccc2-n2c(-c3ccccc3)c3c(=O)n(C)c(=O)n(C)c3c21. The Balaban J connectivity index is 1.85. The number of aryl methyl sites for hydroxylation is 1. The van der Waals surface area contributed by atoms with Gasteiger partial charge in [-0.05, 0) is 30.7 Å². The zero-order valence-corrected chi connectivity index (χ0v) is 20.4. The normalized spacial score (nSPS) is 14.2. The zero-order chi connectivity index (χ0) is 25.0. The van der Waals surface area contributed by atoms with Gasteiger partial charge in [0, 0.05) is 19.7 Å². The molecule has 180 valence electrons. The maximum absolute atomic E-state index is 13.7. The van der Waals surface area contributed by atoms with E-state index in [1.165, 1.54) is 11.6 Å². The van der Waals surface area contributed by atoms with Crippen molar-refractivity contribution in [1.29, 1.82) is 0 Å². The van der Waals surface area contributed by atoms with Gasteiger partial charge in [-0.15, -0.1) is 0 Å². The highest BCUT2D eigenvalue weighted by atomic mass is 16.5. The van der Waals surface area contributed by atoms with Crippen molar-refractivity contribution in [2.45, 2.75) is 13.0 Å². The fourth-order valence-electron chi connectivity index (χ4n) is 5.33. The lowest BCUT2D eigenvalue weighted by molar-refractivity contribution is 0.335. The van der Waals surface area contributed by atoms with Crippen molar-refractivity contribution in [1.82, 2.24) is 13.7 Å². The summed E-state index contributed by atoms with van der Waals surface area (Å²) in [7, 11) is 3.26. The molecule has 0 spiro atoms. The molecule has 0 amide bonds. The summed E-state index contributed by atoms with van der Waals surface area (Å²) in [5.74, 6) is 0.757. The number of anilines is 1. The van der Waals surface area contributed by atoms with Crippen LogP contribution in [0.5, 0.6) is 5.75 Å². The van der Waals surface area contributed by atoms with Crippen LogP contribution in [0.1, 0.15) is 24.2 Å². The monoisotopic (exact) mass is 478 g/mol. The fourth-order valence-corrected chi connectivity index (χ4v) is 5.33. The number of rotatable bonds is 4. The van der Waals surface area contributed by atoms with Gasteiger partial charge in [0.25, 0.3) is 5.56 Å². The van der Waals surface area contributed by atoms with Crippen LogP contribution >= 0.6 is 0 Å². The fraction of sp³-hybridized carbons (Fsp3) is 0.172. The molecule has 1 aliphatic rings. The third kappa shape index (κ3) is 3.05. The van der Waals surface area contributed by atoms with Gasteiger partial charge in [0.1, 0.15) is 5.75 Å². The second-order valence-corrected chi connectivity index (χ2v) is 8.93. The van der Waals surface area contributed by atoms with E-state index < -0.39 is 0 Å². The van der Waals surface area contributed by atoms with Crippen LogP contribution in [0.4, 0.5) is 5.69 Å². The first-order valence-corrected chi connectivity index (χ1v) is 12.0. The summed E-state index contributed by atoms with van der Waals surface area (Å²) in [4.78, 5) is 26.9. The number of para-hydroxylation sites is 3. The second kappa shape index (κ2) is 8.30.